The standard InChI is InChI=1S/C10H10N4O2S/c1-6-3-4-11-10(13-6)14-8(17)7(5-12-14)9(15)16-2/h3-5,12H,1-2H3. The lowest BCUT2D eigenvalue weighted by molar-refractivity contribution is 0.0600. The van der Waals surface area contributed by atoms with Crippen LogP contribution in [0, 0.1) is 11.6 Å². The Labute approximate surface area is 102 Å². The highest BCUT2D eigenvalue weighted by Gasteiger charge is 2.13. The summed E-state index contributed by atoms with van der Waals surface area (Å²) in [6, 6.07) is 1.78. The Hall–Kier alpha value is -2.02. The van der Waals surface area contributed by atoms with Crippen molar-refractivity contribution >= 4 is 18.2 Å². The molecule has 2 aromatic rings. The Morgan fingerprint density at radius 2 is 2.35 bits per heavy atom. The fourth-order valence-corrected chi connectivity index (χ4v) is 1.59. The molecule has 0 atom stereocenters. The van der Waals surface area contributed by atoms with Gasteiger partial charge in [-0.25, -0.2) is 19.4 Å². The minimum atomic E-state index is -0.488. The van der Waals surface area contributed by atoms with Crippen LogP contribution in [0.25, 0.3) is 5.95 Å². The molecule has 0 bridgehead atoms. The number of nitrogens with zero attached hydrogens (tertiary/aromatic N) is 3. The van der Waals surface area contributed by atoms with Crippen LogP contribution in [0.3, 0.4) is 0 Å². The predicted molar refractivity (Wildman–Crippen MR) is 62.6 cm³/mol. The Balaban J connectivity index is 2.52. The Kier molecular flexibility index (Phi) is 3.01. The largest absolute Gasteiger partial charge is 0.465 e. The van der Waals surface area contributed by atoms with E-state index < -0.39 is 5.97 Å². The minimum Gasteiger partial charge on any atom is -0.465 e. The highest BCUT2D eigenvalue weighted by Crippen LogP contribution is 2.08. The highest BCUT2D eigenvalue weighted by molar-refractivity contribution is 7.71. The molecule has 0 aliphatic rings. The summed E-state index contributed by atoms with van der Waals surface area (Å²) in [5, 5.41) is 2.82. The van der Waals surface area contributed by atoms with Crippen molar-refractivity contribution in [3.8, 4) is 5.95 Å². The first-order valence-corrected chi connectivity index (χ1v) is 5.23. The second kappa shape index (κ2) is 4.46. The average molecular weight is 250 g/mol. The van der Waals surface area contributed by atoms with Crippen molar-refractivity contribution in [3.05, 3.63) is 34.4 Å². The SMILES string of the molecule is COC(=O)c1c[nH]n(-c2nccc(C)n2)c1=S. The molecule has 0 saturated carbocycles. The zero-order valence-corrected chi connectivity index (χ0v) is 10.1. The van der Waals surface area contributed by atoms with Gasteiger partial charge in [-0.15, -0.1) is 0 Å². The van der Waals surface area contributed by atoms with Crippen molar-refractivity contribution in [3.63, 3.8) is 0 Å². The van der Waals surface area contributed by atoms with Gasteiger partial charge in [-0.05, 0) is 13.0 Å². The van der Waals surface area contributed by atoms with Gasteiger partial charge in [0.15, 0.2) is 0 Å². The number of aromatic amines is 1. The first-order valence-electron chi connectivity index (χ1n) is 4.82. The number of aryl methyl sites for hydroxylation is 1. The first kappa shape index (κ1) is 11.5. The number of aromatic nitrogens is 4. The maximum absolute atomic E-state index is 11.4. The molecule has 1 N–H and O–H groups in total. The van der Waals surface area contributed by atoms with Crippen LogP contribution in [0.2, 0.25) is 0 Å². The van der Waals surface area contributed by atoms with Gasteiger partial charge >= 0.3 is 5.97 Å². The maximum atomic E-state index is 11.4. The molecular formula is C10H10N4O2S. The van der Waals surface area contributed by atoms with Gasteiger partial charge < -0.3 is 4.74 Å². The highest BCUT2D eigenvalue weighted by atomic mass is 32.1. The molecular weight excluding hydrogens is 240 g/mol. The van der Waals surface area contributed by atoms with Crippen molar-refractivity contribution in [2.45, 2.75) is 6.92 Å². The molecule has 0 aromatic carbocycles. The summed E-state index contributed by atoms with van der Waals surface area (Å²) in [6.07, 6.45) is 3.10. The number of esters is 1. The summed E-state index contributed by atoms with van der Waals surface area (Å²) in [5.74, 6) is -0.0946. The smallest absolute Gasteiger partial charge is 0.342 e. The maximum Gasteiger partial charge on any atom is 0.342 e. The van der Waals surface area contributed by atoms with Crippen molar-refractivity contribution in [1.29, 1.82) is 0 Å². The third-order valence-corrected chi connectivity index (χ3v) is 2.56. The monoisotopic (exact) mass is 250 g/mol. The number of methoxy groups -OCH3 is 1. The molecule has 0 spiro atoms. The van der Waals surface area contributed by atoms with Crippen LogP contribution < -0.4 is 0 Å². The van der Waals surface area contributed by atoms with Gasteiger partial charge in [0.25, 0.3) is 0 Å². The molecule has 2 rings (SSSR count). The summed E-state index contributed by atoms with van der Waals surface area (Å²) >= 11 is 5.14. The normalized spacial score (nSPS) is 10.2. The predicted octanol–water partition coefficient (Wildman–Crippen LogP) is 1.42. The number of ether oxygens (including phenoxy) is 1. The van der Waals surface area contributed by atoms with Crippen LogP contribution in [0.1, 0.15) is 16.1 Å². The zero-order valence-electron chi connectivity index (χ0n) is 9.30. The first-order chi connectivity index (χ1) is 8.13. The minimum absolute atomic E-state index is 0.285. The molecule has 0 amide bonds. The van der Waals surface area contributed by atoms with Gasteiger partial charge in [0.05, 0.1) is 7.11 Å². The molecule has 17 heavy (non-hydrogen) atoms. The van der Waals surface area contributed by atoms with Crippen LogP contribution in [-0.4, -0.2) is 32.8 Å². The lowest BCUT2D eigenvalue weighted by Gasteiger charge is -2.00. The average Bonchev–Trinajstić information content (AvgIpc) is 2.70. The third-order valence-electron chi connectivity index (χ3n) is 2.16. The number of nitrogens with one attached hydrogen (secondary N) is 1. The molecule has 0 radical (unpaired) electrons. The van der Waals surface area contributed by atoms with E-state index >= 15 is 0 Å². The van der Waals surface area contributed by atoms with Crippen LogP contribution in [0.5, 0.6) is 0 Å². The van der Waals surface area contributed by atoms with Crippen LogP contribution >= 0.6 is 12.2 Å². The molecule has 0 saturated heterocycles. The van der Waals surface area contributed by atoms with Crippen LogP contribution in [-0.2, 0) is 4.74 Å². The number of carbonyl (C=O) groups excluding carboxylic acids is 1. The van der Waals surface area contributed by atoms with Crippen molar-refractivity contribution in [2.24, 2.45) is 0 Å². The quantitative estimate of drug-likeness (QED) is 0.644. The fraction of sp³-hybridized carbons (Fsp3) is 0.200. The second-order valence-corrected chi connectivity index (χ2v) is 3.70. The lowest BCUT2D eigenvalue weighted by atomic mass is 10.4. The van der Waals surface area contributed by atoms with Crippen molar-refractivity contribution in [2.75, 3.05) is 7.11 Å². The molecule has 2 heterocycles. The Bertz CT molecular complexity index is 617. The second-order valence-electron chi connectivity index (χ2n) is 3.32. The number of hydrogen-bond acceptors (Lipinski definition) is 5. The summed E-state index contributed by atoms with van der Waals surface area (Å²) in [6.45, 7) is 1.85. The summed E-state index contributed by atoms with van der Waals surface area (Å²) in [5.41, 5.74) is 1.10. The van der Waals surface area contributed by atoms with E-state index in [1.165, 1.54) is 18.0 Å². The van der Waals surface area contributed by atoms with Gasteiger partial charge in [0, 0.05) is 18.1 Å². The van der Waals surface area contributed by atoms with E-state index in [-0.39, 0.29) is 5.56 Å². The molecule has 0 aliphatic heterocycles. The summed E-state index contributed by atoms with van der Waals surface area (Å²) < 4.78 is 6.36. The van der Waals surface area contributed by atoms with E-state index in [2.05, 4.69) is 19.8 Å². The number of H-pyrrole nitrogens is 1. The van der Waals surface area contributed by atoms with Gasteiger partial charge in [-0.1, -0.05) is 12.2 Å². The topological polar surface area (TPSA) is 72.8 Å². The summed E-state index contributed by atoms with van der Waals surface area (Å²) in [4.78, 5) is 19.7. The molecule has 0 aliphatic carbocycles. The van der Waals surface area contributed by atoms with Gasteiger partial charge in [0.1, 0.15) is 10.2 Å². The molecule has 7 heteroatoms. The number of carbonyl (C=O) groups is 1. The van der Waals surface area contributed by atoms with E-state index in [4.69, 9.17) is 12.2 Å². The Morgan fingerprint density at radius 1 is 1.59 bits per heavy atom. The third kappa shape index (κ3) is 2.09. The molecule has 6 nitrogen and oxygen atoms in total. The number of rotatable bonds is 2. The van der Waals surface area contributed by atoms with E-state index in [0.717, 1.165) is 5.69 Å². The Morgan fingerprint density at radius 3 is 3.00 bits per heavy atom. The van der Waals surface area contributed by atoms with E-state index in [1.54, 1.807) is 12.3 Å². The van der Waals surface area contributed by atoms with E-state index in [1.807, 2.05) is 6.92 Å². The van der Waals surface area contributed by atoms with Crippen molar-refractivity contribution < 1.29 is 9.53 Å². The molecule has 2 aromatic heterocycles. The fourth-order valence-electron chi connectivity index (χ4n) is 1.32. The van der Waals surface area contributed by atoms with Gasteiger partial charge in [0.2, 0.25) is 5.95 Å². The summed E-state index contributed by atoms with van der Waals surface area (Å²) in [7, 11) is 1.30. The molecule has 88 valence electrons. The van der Waals surface area contributed by atoms with Crippen LogP contribution in [0.15, 0.2) is 18.5 Å². The van der Waals surface area contributed by atoms with Gasteiger partial charge in [-0.2, -0.15) is 0 Å². The van der Waals surface area contributed by atoms with E-state index in [9.17, 15) is 4.79 Å². The van der Waals surface area contributed by atoms with Crippen molar-refractivity contribution in [1.82, 2.24) is 19.7 Å². The van der Waals surface area contributed by atoms with Gasteiger partial charge in [-0.3, -0.25) is 5.10 Å². The molecule has 0 unspecified atom stereocenters. The molecule has 0 fully saturated rings. The van der Waals surface area contributed by atoms with Crippen LogP contribution in [0.4, 0.5) is 0 Å². The van der Waals surface area contributed by atoms with E-state index in [0.29, 0.717) is 10.6 Å². The number of hydrogen-bond donors (Lipinski definition) is 1. The lowest BCUT2D eigenvalue weighted by Crippen LogP contribution is -2.05. The zero-order chi connectivity index (χ0) is 12.4.